The summed E-state index contributed by atoms with van der Waals surface area (Å²) in [5.41, 5.74) is 0.702. The van der Waals surface area contributed by atoms with Gasteiger partial charge in [-0.2, -0.15) is 0 Å². The first-order valence-corrected chi connectivity index (χ1v) is 7.44. The molecule has 1 fully saturated rings. The van der Waals surface area contributed by atoms with Crippen molar-refractivity contribution in [1.29, 1.82) is 0 Å². The van der Waals surface area contributed by atoms with Gasteiger partial charge in [0, 0.05) is 11.6 Å². The molecule has 1 aliphatic rings. The highest BCUT2D eigenvalue weighted by Gasteiger charge is 2.45. The van der Waals surface area contributed by atoms with Crippen LogP contribution in [-0.4, -0.2) is 17.6 Å². The maximum absolute atomic E-state index is 11.9. The first kappa shape index (κ1) is 14.6. The quantitative estimate of drug-likeness (QED) is 0.806. The van der Waals surface area contributed by atoms with E-state index in [1.54, 1.807) is 24.7 Å². The Morgan fingerprint density at radius 3 is 2.73 bits per heavy atom. The second-order valence-electron chi connectivity index (χ2n) is 5.67. The number of aliphatic hydroxyl groups is 1. The molecule has 1 saturated carbocycles. The van der Waals surface area contributed by atoms with Gasteiger partial charge in [0.15, 0.2) is 0 Å². The normalized spacial score (nSPS) is 17.3. The van der Waals surface area contributed by atoms with Crippen LogP contribution in [-0.2, 0) is 10.4 Å². The first-order valence-electron chi connectivity index (χ1n) is 7.44. The van der Waals surface area contributed by atoms with Crippen molar-refractivity contribution in [2.45, 2.75) is 18.4 Å². The minimum atomic E-state index is -0.986. The second kappa shape index (κ2) is 6.20. The highest BCUT2D eigenvalue weighted by Crippen LogP contribution is 2.45. The molecule has 1 amide bonds. The summed E-state index contributed by atoms with van der Waals surface area (Å²) in [6, 6.07) is 11.3. The third kappa shape index (κ3) is 3.28. The van der Waals surface area contributed by atoms with Crippen molar-refractivity contribution in [3.05, 3.63) is 66.1 Å². The summed E-state index contributed by atoms with van der Waals surface area (Å²) in [6.07, 6.45) is 8.23. The Balaban J connectivity index is 1.64. The van der Waals surface area contributed by atoms with E-state index in [-0.39, 0.29) is 18.4 Å². The summed E-state index contributed by atoms with van der Waals surface area (Å²) >= 11 is 0. The number of hydrogen-bond acceptors (Lipinski definition) is 3. The van der Waals surface area contributed by atoms with Gasteiger partial charge in [0.1, 0.15) is 5.60 Å². The average Bonchev–Trinajstić information content (AvgIpc) is 3.29. The van der Waals surface area contributed by atoms with Crippen LogP contribution in [0.4, 0.5) is 0 Å². The van der Waals surface area contributed by atoms with Gasteiger partial charge in [-0.05, 0) is 36.5 Å². The van der Waals surface area contributed by atoms with Crippen LogP contribution in [0.5, 0.6) is 0 Å². The van der Waals surface area contributed by atoms with E-state index in [0.29, 0.717) is 0 Å². The monoisotopic (exact) mass is 297 g/mol. The summed E-state index contributed by atoms with van der Waals surface area (Å²) in [6.45, 7) is 0.218. The lowest BCUT2D eigenvalue weighted by molar-refractivity contribution is -0.118. The van der Waals surface area contributed by atoms with Gasteiger partial charge in [-0.3, -0.25) is 4.79 Å². The Labute approximate surface area is 129 Å². The second-order valence-corrected chi connectivity index (χ2v) is 5.67. The highest BCUT2D eigenvalue weighted by atomic mass is 16.3. The Morgan fingerprint density at radius 2 is 2.09 bits per heavy atom. The zero-order valence-corrected chi connectivity index (χ0v) is 12.2. The molecule has 4 nitrogen and oxygen atoms in total. The van der Waals surface area contributed by atoms with E-state index >= 15 is 0 Å². The number of amides is 1. The van der Waals surface area contributed by atoms with Gasteiger partial charge in [-0.15, -0.1) is 0 Å². The number of hydrogen-bond donors (Lipinski definition) is 2. The Hall–Kier alpha value is -2.33. The third-order valence-corrected chi connectivity index (χ3v) is 4.03. The van der Waals surface area contributed by atoms with E-state index < -0.39 is 5.60 Å². The molecule has 22 heavy (non-hydrogen) atoms. The van der Waals surface area contributed by atoms with E-state index in [1.165, 1.54) is 6.08 Å². The molecule has 0 saturated heterocycles. The van der Waals surface area contributed by atoms with E-state index in [1.807, 2.05) is 30.3 Å². The lowest BCUT2D eigenvalue weighted by Crippen LogP contribution is -2.42. The fraction of sp³-hybridized carbons (Fsp3) is 0.278. The lowest BCUT2D eigenvalue weighted by atomic mass is 9.88. The molecule has 0 bridgehead atoms. The van der Waals surface area contributed by atoms with Gasteiger partial charge in [-0.1, -0.05) is 30.3 Å². The molecule has 1 atom stereocenters. The van der Waals surface area contributed by atoms with Crippen molar-refractivity contribution in [3.63, 3.8) is 0 Å². The van der Waals surface area contributed by atoms with E-state index in [2.05, 4.69) is 5.32 Å². The van der Waals surface area contributed by atoms with Crippen molar-refractivity contribution in [3.8, 4) is 0 Å². The zero-order chi connectivity index (χ0) is 15.4. The van der Waals surface area contributed by atoms with Gasteiger partial charge in [0.05, 0.1) is 19.1 Å². The van der Waals surface area contributed by atoms with Crippen molar-refractivity contribution < 1.29 is 14.3 Å². The molecule has 114 valence electrons. The molecule has 0 radical (unpaired) electrons. The number of rotatable bonds is 6. The molecular formula is C18H19NO3. The fourth-order valence-corrected chi connectivity index (χ4v) is 2.59. The summed E-state index contributed by atoms with van der Waals surface area (Å²) in [5.74, 6) is -0.00994. The van der Waals surface area contributed by atoms with Crippen LogP contribution in [0.25, 0.3) is 6.08 Å². The van der Waals surface area contributed by atoms with Crippen molar-refractivity contribution in [1.82, 2.24) is 5.32 Å². The van der Waals surface area contributed by atoms with Gasteiger partial charge in [-0.25, -0.2) is 0 Å². The minimum Gasteiger partial charge on any atom is -0.472 e. The van der Waals surface area contributed by atoms with Crippen molar-refractivity contribution in [2.75, 3.05) is 6.54 Å². The van der Waals surface area contributed by atoms with Crippen LogP contribution in [0.1, 0.15) is 24.0 Å². The summed E-state index contributed by atoms with van der Waals surface area (Å²) in [4.78, 5) is 11.9. The number of benzene rings is 1. The average molecular weight is 297 g/mol. The molecule has 1 aromatic carbocycles. The van der Waals surface area contributed by atoms with Crippen LogP contribution >= 0.6 is 0 Å². The van der Waals surface area contributed by atoms with Gasteiger partial charge in [0.2, 0.25) is 5.91 Å². The number of furan rings is 1. The molecule has 0 aliphatic heterocycles. The molecule has 1 heterocycles. The molecule has 0 unspecified atom stereocenters. The maximum atomic E-state index is 11.9. The Kier molecular flexibility index (Phi) is 4.11. The van der Waals surface area contributed by atoms with Gasteiger partial charge < -0.3 is 14.8 Å². The number of carbonyl (C=O) groups is 1. The molecule has 2 N–H and O–H groups in total. The predicted molar refractivity (Wildman–Crippen MR) is 83.8 cm³/mol. The predicted octanol–water partition coefficient (Wildman–Crippen LogP) is 2.71. The number of nitrogens with one attached hydrogen (secondary N) is 1. The Morgan fingerprint density at radius 1 is 1.32 bits per heavy atom. The van der Waals surface area contributed by atoms with Crippen LogP contribution in [0.3, 0.4) is 0 Å². The van der Waals surface area contributed by atoms with E-state index in [4.69, 9.17) is 4.42 Å². The van der Waals surface area contributed by atoms with Crippen molar-refractivity contribution in [2.24, 2.45) is 5.92 Å². The topological polar surface area (TPSA) is 62.5 Å². The molecule has 2 aromatic rings. The minimum absolute atomic E-state index is 0.216. The smallest absolute Gasteiger partial charge is 0.244 e. The first-order chi connectivity index (χ1) is 10.7. The van der Waals surface area contributed by atoms with Gasteiger partial charge in [0.25, 0.3) is 0 Å². The molecular weight excluding hydrogens is 278 g/mol. The van der Waals surface area contributed by atoms with Crippen LogP contribution in [0.15, 0.2) is 59.4 Å². The SMILES string of the molecule is O=C(/C=C/c1ccoc1)NC[C@@](O)(c1ccccc1)C1CC1. The molecule has 0 spiro atoms. The zero-order valence-electron chi connectivity index (χ0n) is 12.2. The van der Waals surface area contributed by atoms with E-state index in [9.17, 15) is 9.90 Å². The van der Waals surface area contributed by atoms with Crippen LogP contribution < -0.4 is 5.32 Å². The van der Waals surface area contributed by atoms with Gasteiger partial charge >= 0.3 is 0 Å². The molecule has 1 aromatic heterocycles. The Bertz CT molecular complexity index is 644. The van der Waals surface area contributed by atoms with E-state index in [0.717, 1.165) is 24.0 Å². The fourth-order valence-electron chi connectivity index (χ4n) is 2.59. The molecule has 3 rings (SSSR count). The maximum Gasteiger partial charge on any atom is 0.244 e. The molecule has 1 aliphatic carbocycles. The summed E-state index contributed by atoms with van der Waals surface area (Å²) in [7, 11) is 0. The van der Waals surface area contributed by atoms with Crippen molar-refractivity contribution >= 4 is 12.0 Å². The third-order valence-electron chi connectivity index (χ3n) is 4.03. The molecule has 4 heteroatoms. The summed E-state index contributed by atoms with van der Waals surface area (Å²) < 4.78 is 4.94. The van der Waals surface area contributed by atoms with Crippen LogP contribution in [0.2, 0.25) is 0 Å². The van der Waals surface area contributed by atoms with Crippen LogP contribution in [0, 0.1) is 5.92 Å². The lowest BCUT2D eigenvalue weighted by Gasteiger charge is -2.29. The summed E-state index contributed by atoms with van der Waals surface area (Å²) in [5, 5.41) is 13.8. The number of carbonyl (C=O) groups excluding carboxylic acids is 1. The largest absolute Gasteiger partial charge is 0.472 e. The highest BCUT2D eigenvalue weighted by molar-refractivity contribution is 5.91. The standard InChI is InChI=1S/C18H19NO3/c20-17(9-6-14-10-11-22-12-14)19-13-18(21,16-7-8-16)15-4-2-1-3-5-15/h1-6,9-12,16,21H,7-8,13H2,(H,19,20)/b9-6+/t18-/m1/s1.